The summed E-state index contributed by atoms with van der Waals surface area (Å²) in [7, 11) is -4.08. The number of hydrogen-bond donors (Lipinski definition) is 2. The van der Waals surface area contributed by atoms with Crippen molar-refractivity contribution in [1.82, 2.24) is 5.48 Å². The van der Waals surface area contributed by atoms with Crippen molar-refractivity contribution in [3.8, 4) is 16.9 Å². The average Bonchev–Trinajstić information content (AvgIpc) is 2.91. The van der Waals surface area contributed by atoms with Crippen LogP contribution in [0.4, 0.5) is 4.39 Å². The molecule has 1 heterocycles. The molecular weight excluding hydrogens is 485 g/mol. The van der Waals surface area contributed by atoms with Gasteiger partial charge in [0, 0.05) is 18.8 Å². The normalized spacial score (nSPS) is 15.3. The molecule has 1 saturated heterocycles. The Morgan fingerprint density at radius 2 is 1.75 bits per heavy atom. The minimum atomic E-state index is -4.08. The van der Waals surface area contributed by atoms with E-state index in [1.165, 1.54) is 23.7 Å². The van der Waals surface area contributed by atoms with Gasteiger partial charge < -0.3 is 9.47 Å². The second kappa shape index (κ2) is 11.2. The van der Waals surface area contributed by atoms with E-state index in [0.29, 0.717) is 24.3 Å². The molecule has 3 aromatic carbocycles. The molecule has 1 fully saturated rings. The Kier molecular flexibility index (Phi) is 8.03. The predicted octanol–water partition coefficient (Wildman–Crippen LogP) is 4.33. The largest absolute Gasteiger partial charge is 0.494 e. The van der Waals surface area contributed by atoms with Gasteiger partial charge in [0.2, 0.25) is 0 Å². The number of carbonyl (C=O) groups is 1. The quantitative estimate of drug-likeness (QED) is 0.251. The maximum Gasteiger partial charge on any atom is 0.265 e. The molecule has 4 rings (SSSR count). The molecule has 0 unspecified atom stereocenters. The minimum Gasteiger partial charge on any atom is -0.494 e. The van der Waals surface area contributed by atoms with Gasteiger partial charge in [0.1, 0.15) is 11.6 Å². The molecule has 0 atom stereocenters. The van der Waals surface area contributed by atoms with Gasteiger partial charge in [-0.05, 0) is 67.1 Å². The molecule has 0 spiro atoms. The molecule has 2 N–H and O–H groups in total. The van der Waals surface area contributed by atoms with Crippen LogP contribution < -0.4 is 10.2 Å². The Hall–Kier alpha value is -3.27. The van der Waals surface area contributed by atoms with Crippen LogP contribution in [0.5, 0.6) is 5.75 Å². The number of sulfone groups is 1. The van der Waals surface area contributed by atoms with Crippen LogP contribution in [-0.4, -0.2) is 44.1 Å². The molecule has 0 aliphatic carbocycles. The highest BCUT2D eigenvalue weighted by Gasteiger charge is 2.52. The first kappa shape index (κ1) is 25.8. The van der Waals surface area contributed by atoms with Gasteiger partial charge in [-0.3, -0.25) is 10.0 Å². The molecule has 0 radical (unpaired) electrons. The molecule has 1 aliphatic rings. The number of ether oxygens (including phenoxy) is 2. The Labute approximate surface area is 209 Å². The molecule has 1 aliphatic heterocycles. The number of hydroxylamine groups is 1. The third-order valence-electron chi connectivity index (χ3n) is 6.45. The summed E-state index contributed by atoms with van der Waals surface area (Å²) in [5.41, 5.74) is 3.95. The maximum atomic E-state index is 14.1. The van der Waals surface area contributed by atoms with Crippen LogP contribution in [0.25, 0.3) is 11.1 Å². The van der Waals surface area contributed by atoms with Crippen molar-refractivity contribution in [3.05, 3.63) is 84.2 Å². The zero-order chi connectivity index (χ0) is 25.6. The number of hydrogen-bond acceptors (Lipinski definition) is 6. The van der Waals surface area contributed by atoms with Crippen molar-refractivity contribution >= 4 is 15.7 Å². The van der Waals surface area contributed by atoms with E-state index in [9.17, 15) is 17.6 Å². The van der Waals surface area contributed by atoms with Crippen LogP contribution in [0.1, 0.15) is 24.8 Å². The number of benzene rings is 3. The van der Waals surface area contributed by atoms with E-state index in [2.05, 4.69) is 0 Å². The monoisotopic (exact) mass is 513 g/mol. The summed E-state index contributed by atoms with van der Waals surface area (Å²) in [5, 5.41) is 9.15. The van der Waals surface area contributed by atoms with Crippen molar-refractivity contribution in [2.75, 3.05) is 19.8 Å². The van der Waals surface area contributed by atoms with E-state index >= 15 is 0 Å². The molecule has 190 valence electrons. The number of amides is 1. The topological polar surface area (TPSA) is 102 Å². The van der Waals surface area contributed by atoms with Gasteiger partial charge in [0.25, 0.3) is 5.91 Å². The zero-order valence-corrected chi connectivity index (χ0v) is 20.5. The highest BCUT2D eigenvalue weighted by Crippen LogP contribution is 2.35. The van der Waals surface area contributed by atoms with Gasteiger partial charge in [0.05, 0.1) is 11.5 Å². The summed E-state index contributed by atoms with van der Waals surface area (Å²) in [4.78, 5) is 12.3. The van der Waals surface area contributed by atoms with Crippen LogP contribution in [-0.2, 0) is 25.8 Å². The number of carbonyl (C=O) groups excluding carboxylic acids is 1. The van der Waals surface area contributed by atoms with Gasteiger partial charge in [-0.2, -0.15) is 0 Å². The fourth-order valence-electron chi connectivity index (χ4n) is 4.42. The van der Waals surface area contributed by atoms with Crippen molar-refractivity contribution in [2.45, 2.75) is 35.3 Å². The first-order valence-electron chi connectivity index (χ1n) is 11.7. The third kappa shape index (κ3) is 5.28. The lowest BCUT2D eigenvalue weighted by Crippen LogP contribution is -2.54. The lowest BCUT2D eigenvalue weighted by Gasteiger charge is -2.34. The van der Waals surface area contributed by atoms with Crippen LogP contribution >= 0.6 is 0 Å². The van der Waals surface area contributed by atoms with Gasteiger partial charge in [-0.25, -0.2) is 18.3 Å². The smallest absolute Gasteiger partial charge is 0.265 e. The summed E-state index contributed by atoms with van der Waals surface area (Å²) in [6, 6.07) is 20.3. The minimum absolute atomic E-state index is 0.0229. The molecule has 9 heteroatoms. The molecule has 1 amide bonds. The summed E-state index contributed by atoms with van der Waals surface area (Å²) in [6.45, 7) is 0.623. The van der Waals surface area contributed by atoms with Crippen LogP contribution in [0.15, 0.2) is 77.7 Å². The maximum absolute atomic E-state index is 14.1. The molecule has 3 aromatic rings. The number of rotatable bonds is 9. The lowest BCUT2D eigenvalue weighted by molar-refractivity contribution is -0.134. The number of halogens is 1. The summed E-state index contributed by atoms with van der Waals surface area (Å²) < 4.78 is 49.9. The Bertz CT molecular complexity index is 1300. The fourth-order valence-corrected chi connectivity index (χ4v) is 6.36. The zero-order valence-electron chi connectivity index (χ0n) is 19.7. The van der Waals surface area contributed by atoms with Crippen LogP contribution in [0.2, 0.25) is 0 Å². The predicted molar refractivity (Wildman–Crippen MR) is 132 cm³/mol. The second-order valence-electron chi connectivity index (χ2n) is 8.65. The molecule has 7 nitrogen and oxygen atoms in total. The first-order chi connectivity index (χ1) is 17.4. The van der Waals surface area contributed by atoms with Crippen molar-refractivity contribution in [1.29, 1.82) is 0 Å². The highest BCUT2D eigenvalue weighted by molar-refractivity contribution is 7.93. The first-order valence-corrected chi connectivity index (χ1v) is 13.2. The SMILES string of the molecule is O=C(NO)C1(S(=O)(=O)c2ccc(OCCCc3cccc(-c4ccccc4F)c3)cc2)CCOCC1. The van der Waals surface area contributed by atoms with Gasteiger partial charge in [-0.1, -0.05) is 42.5 Å². The van der Waals surface area contributed by atoms with E-state index in [1.807, 2.05) is 24.3 Å². The van der Waals surface area contributed by atoms with Crippen molar-refractivity contribution in [3.63, 3.8) is 0 Å². The summed E-state index contributed by atoms with van der Waals surface area (Å²) in [6.07, 6.45) is 1.35. The Balaban J connectivity index is 1.36. The molecule has 0 aromatic heterocycles. The third-order valence-corrected chi connectivity index (χ3v) is 8.97. The van der Waals surface area contributed by atoms with E-state index in [4.69, 9.17) is 14.7 Å². The van der Waals surface area contributed by atoms with E-state index < -0.39 is 20.5 Å². The average molecular weight is 514 g/mol. The molecule has 0 bridgehead atoms. The fraction of sp³-hybridized carbons (Fsp3) is 0.296. The van der Waals surface area contributed by atoms with Gasteiger partial charge >= 0.3 is 0 Å². The van der Waals surface area contributed by atoms with Gasteiger partial charge in [-0.15, -0.1) is 0 Å². The number of aryl methyl sites for hydroxylation is 1. The molecule has 0 saturated carbocycles. The van der Waals surface area contributed by atoms with Crippen molar-refractivity contribution in [2.24, 2.45) is 0 Å². The second-order valence-corrected chi connectivity index (χ2v) is 10.9. The molecule has 36 heavy (non-hydrogen) atoms. The Morgan fingerprint density at radius 1 is 1.03 bits per heavy atom. The molecular formula is C27H28FNO6S. The van der Waals surface area contributed by atoms with Crippen LogP contribution in [0, 0.1) is 5.82 Å². The van der Waals surface area contributed by atoms with Crippen LogP contribution in [0.3, 0.4) is 0 Å². The van der Waals surface area contributed by atoms with Crippen molar-refractivity contribution < 1.29 is 32.3 Å². The van der Waals surface area contributed by atoms with E-state index in [1.54, 1.807) is 30.3 Å². The Morgan fingerprint density at radius 3 is 2.44 bits per heavy atom. The number of nitrogens with one attached hydrogen (secondary N) is 1. The lowest BCUT2D eigenvalue weighted by atomic mass is 9.98. The van der Waals surface area contributed by atoms with E-state index in [-0.39, 0.29) is 36.8 Å². The van der Waals surface area contributed by atoms with E-state index in [0.717, 1.165) is 17.5 Å². The highest BCUT2D eigenvalue weighted by atomic mass is 32.2. The standard InChI is InChI=1S/C27H28FNO6S/c28-25-9-2-1-8-24(25)21-7-3-5-20(19-21)6-4-16-35-22-10-12-23(13-11-22)36(32,33)27(26(30)29-31)14-17-34-18-15-27/h1-3,5,7-13,19,31H,4,6,14-18H2,(H,29,30). The summed E-state index contributed by atoms with van der Waals surface area (Å²) >= 11 is 0. The van der Waals surface area contributed by atoms with Gasteiger partial charge in [0.15, 0.2) is 14.6 Å². The summed E-state index contributed by atoms with van der Waals surface area (Å²) in [5.74, 6) is -0.713.